The average molecular weight is 427 g/mol. The van der Waals surface area contributed by atoms with Gasteiger partial charge in [0.2, 0.25) is 0 Å². The fourth-order valence-electron chi connectivity index (χ4n) is 3.48. The predicted molar refractivity (Wildman–Crippen MR) is 114 cm³/mol. The third-order valence-corrected chi connectivity index (χ3v) is 5.36. The Hall–Kier alpha value is -3.12. The molecule has 0 saturated carbocycles. The number of carbonyl (C=O) groups is 1. The van der Waals surface area contributed by atoms with Crippen LogP contribution in [0.1, 0.15) is 12.8 Å². The van der Waals surface area contributed by atoms with Gasteiger partial charge in [-0.05, 0) is 73.5 Å². The molecule has 0 spiro atoms. The molecule has 2 heterocycles. The molecule has 7 heteroatoms. The van der Waals surface area contributed by atoms with E-state index in [2.05, 4.69) is 4.90 Å². The molecule has 1 N–H and O–H groups in total. The summed E-state index contributed by atoms with van der Waals surface area (Å²) in [6, 6.07) is 16.8. The number of rotatable bonds is 5. The minimum atomic E-state index is -0.739. The maximum Gasteiger partial charge on any atom is 0.306 e. The molecule has 0 amide bonds. The van der Waals surface area contributed by atoms with E-state index in [9.17, 15) is 14.3 Å². The number of piperidine rings is 1. The Labute approximate surface area is 178 Å². The number of carboxylic acid groups (broad SMARTS) is 1. The average Bonchev–Trinajstić information content (AvgIpc) is 2.75. The molecule has 0 aliphatic carbocycles. The first-order chi connectivity index (χ1) is 14.5. The zero-order chi connectivity index (χ0) is 21.1. The van der Waals surface area contributed by atoms with Crippen LogP contribution >= 0.6 is 11.6 Å². The second-order valence-corrected chi connectivity index (χ2v) is 7.65. The van der Waals surface area contributed by atoms with Crippen LogP contribution in [0, 0.1) is 11.7 Å². The Bertz CT molecular complexity index is 1030. The van der Waals surface area contributed by atoms with Gasteiger partial charge in [0.25, 0.3) is 0 Å². The molecule has 0 bridgehead atoms. The van der Waals surface area contributed by atoms with E-state index >= 15 is 0 Å². The summed E-state index contributed by atoms with van der Waals surface area (Å²) >= 11 is 6.33. The lowest BCUT2D eigenvalue weighted by Gasteiger charge is -2.31. The number of ether oxygens (including phenoxy) is 1. The minimum absolute atomic E-state index is 0.298. The van der Waals surface area contributed by atoms with Crippen molar-refractivity contribution < 1.29 is 19.0 Å². The highest BCUT2D eigenvalue weighted by molar-refractivity contribution is 6.31. The number of aliphatic carboxylic acids is 1. The first-order valence-corrected chi connectivity index (χ1v) is 10.0. The number of benzene rings is 2. The monoisotopic (exact) mass is 426 g/mol. The van der Waals surface area contributed by atoms with Crippen LogP contribution in [0.4, 0.5) is 10.2 Å². The summed E-state index contributed by atoms with van der Waals surface area (Å²) in [7, 11) is 0. The van der Waals surface area contributed by atoms with Crippen LogP contribution in [0.3, 0.4) is 0 Å². The fourth-order valence-corrected chi connectivity index (χ4v) is 3.68. The second-order valence-electron chi connectivity index (χ2n) is 7.21. The molecule has 5 nitrogen and oxygen atoms in total. The van der Waals surface area contributed by atoms with Crippen molar-refractivity contribution in [1.82, 2.24) is 4.98 Å². The van der Waals surface area contributed by atoms with Crippen LogP contribution in [0.25, 0.3) is 11.3 Å². The molecule has 1 aliphatic rings. The second kappa shape index (κ2) is 8.71. The van der Waals surface area contributed by atoms with E-state index < -0.39 is 5.97 Å². The Balaban J connectivity index is 1.50. The number of hydrogen-bond donors (Lipinski definition) is 1. The third-order valence-electron chi connectivity index (χ3n) is 5.14. The first kappa shape index (κ1) is 20.2. The standard InChI is InChI=1S/C23H20ClFN2O3/c24-17-13-21(26-22(14-17)27-11-9-16(10-12-27)23(28)29)15-1-5-19(6-2-15)30-20-7-3-18(25)4-8-20/h1-8,13-14,16H,9-12H2,(H,28,29). The molecule has 0 atom stereocenters. The van der Waals surface area contributed by atoms with E-state index in [-0.39, 0.29) is 11.7 Å². The molecular weight excluding hydrogens is 407 g/mol. The van der Waals surface area contributed by atoms with Crippen LogP contribution in [-0.2, 0) is 4.79 Å². The van der Waals surface area contributed by atoms with Gasteiger partial charge in [0.15, 0.2) is 0 Å². The molecule has 0 radical (unpaired) electrons. The van der Waals surface area contributed by atoms with E-state index in [1.54, 1.807) is 24.3 Å². The maximum absolute atomic E-state index is 13.0. The van der Waals surface area contributed by atoms with Crippen molar-refractivity contribution >= 4 is 23.4 Å². The topological polar surface area (TPSA) is 62.7 Å². The van der Waals surface area contributed by atoms with Gasteiger partial charge in [-0.3, -0.25) is 4.79 Å². The van der Waals surface area contributed by atoms with Crippen LogP contribution < -0.4 is 9.64 Å². The third kappa shape index (κ3) is 4.71. The summed E-state index contributed by atoms with van der Waals surface area (Å²) in [6.07, 6.45) is 1.18. The Kier molecular flexibility index (Phi) is 5.86. The summed E-state index contributed by atoms with van der Waals surface area (Å²) < 4.78 is 18.7. The SMILES string of the molecule is O=C(O)C1CCN(c2cc(Cl)cc(-c3ccc(Oc4ccc(F)cc4)cc3)n2)CC1. The molecule has 3 aromatic rings. The fraction of sp³-hybridized carbons (Fsp3) is 0.217. The van der Waals surface area contributed by atoms with Gasteiger partial charge in [-0.2, -0.15) is 0 Å². The lowest BCUT2D eigenvalue weighted by atomic mass is 9.97. The van der Waals surface area contributed by atoms with E-state index in [1.165, 1.54) is 12.1 Å². The molecule has 1 aromatic heterocycles. The zero-order valence-corrected chi connectivity index (χ0v) is 16.8. The summed E-state index contributed by atoms with van der Waals surface area (Å²) in [5, 5.41) is 9.75. The van der Waals surface area contributed by atoms with Gasteiger partial charge < -0.3 is 14.7 Å². The number of pyridine rings is 1. The molecule has 1 fully saturated rings. The van der Waals surface area contributed by atoms with Crippen molar-refractivity contribution in [2.75, 3.05) is 18.0 Å². The van der Waals surface area contributed by atoms with Crippen LogP contribution in [0.2, 0.25) is 5.02 Å². The van der Waals surface area contributed by atoms with Gasteiger partial charge in [-0.1, -0.05) is 11.6 Å². The quantitative estimate of drug-likeness (QED) is 0.572. The summed E-state index contributed by atoms with van der Waals surface area (Å²) in [6.45, 7) is 1.27. The molecule has 1 saturated heterocycles. The lowest BCUT2D eigenvalue weighted by molar-refractivity contribution is -0.142. The van der Waals surface area contributed by atoms with Gasteiger partial charge in [0, 0.05) is 23.7 Å². The Morgan fingerprint density at radius 1 is 1.03 bits per heavy atom. The molecule has 1 aliphatic heterocycles. The van der Waals surface area contributed by atoms with E-state index in [4.69, 9.17) is 21.3 Å². The molecule has 0 unspecified atom stereocenters. The number of anilines is 1. The zero-order valence-electron chi connectivity index (χ0n) is 16.1. The number of hydrogen-bond acceptors (Lipinski definition) is 4. The molecule has 30 heavy (non-hydrogen) atoms. The number of nitrogens with zero attached hydrogens (tertiary/aromatic N) is 2. The Morgan fingerprint density at radius 2 is 1.63 bits per heavy atom. The predicted octanol–water partition coefficient (Wildman–Crippen LogP) is 5.63. The number of carboxylic acids is 1. The van der Waals surface area contributed by atoms with Gasteiger partial charge in [0.1, 0.15) is 23.1 Å². The summed E-state index contributed by atoms with van der Waals surface area (Å²) in [5.41, 5.74) is 1.61. The van der Waals surface area contributed by atoms with Crippen LogP contribution in [0.15, 0.2) is 60.7 Å². The van der Waals surface area contributed by atoms with Crippen molar-refractivity contribution in [1.29, 1.82) is 0 Å². The molecule has 2 aromatic carbocycles. The largest absolute Gasteiger partial charge is 0.481 e. The van der Waals surface area contributed by atoms with Crippen molar-refractivity contribution in [3.8, 4) is 22.8 Å². The van der Waals surface area contributed by atoms with Crippen molar-refractivity contribution in [2.45, 2.75) is 12.8 Å². The first-order valence-electron chi connectivity index (χ1n) is 9.67. The smallest absolute Gasteiger partial charge is 0.306 e. The highest BCUT2D eigenvalue weighted by Crippen LogP contribution is 2.30. The van der Waals surface area contributed by atoms with Crippen LogP contribution in [0.5, 0.6) is 11.5 Å². The van der Waals surface area contributed by atoms with Crippen molar-refractivity contribution in [2.24, 2.45) is 5.92 Å². The Morgan fingerprint density at radius 3 is 2.23 bits per heavy atom. The van der Waals surface area contributed by atoms with Gasteiger partial charge >= 0.3 is 5.97 Å². The molecule has 154 valence electrons. The lowest BCUT2D eigenvalue weighted by Crippen LogP contribution is -2.36. The highest BCUT2D eigenvalue weighted by Gasteiger charge is 2.25. The van der Waals surface area contributed by atoms with Crippen molar-refractivity contribution in [3.05, 3.63) is 71.5 Å². The van der Waals surface area contributed by atoms with Crippen LogP contribution in [-0.4, -0.2) is 29.1 Å². The highest BCUT2D eigenvalue weighted by atomic mass is 35.5. The number of halogens is 2. The van der Waals surface area contributed by atoms with Gasteiger partial charge in [0.05, 0.1) is 11.6 Å². The van der Waals surface area contributed by atoms with Gasteiger partial charge in [-0.25, -0.2) is 9.37 Å². The van der Waals surface area contributed by atoms with E-state index in [0.29, 0.717) is 42.5 Å². The van der Waals surface area contributed by atoms with Gasteiger partial charge in [-0.15, -0.1) is 0 Å². The molecule has 4 rings (SSSR count). The minimum Gasteiger partial charge on any atom is -0.481 e. The molecular formula is C23H20ClFN2O3. The summed E-state index contributed by atoms with van der Waals surface area (Å²) in [5.74, 6) is 0.576. The van der Waals surface area contributed by atoms with Crippen molar-refractivity contribution in [3.63, 3.8) is 0 Å². The maximum atomic E-state index is 13.0. The number of aromatic nitrogens is 1. The normalized spacial score (nSPS) is 14.5. The summed E-state index contributed by atoms with van der Waals surface area (Å²) in [4.78, 5) is 18.0. The van der Waals surface area contributed by atoms with E-state index in [0.717, 1.165) is 17.1 Å². The van der Waals surface area contributed by atoms with E-state index in [1.807, 2.05) is 24.3 Å².